The molecule has 0 aliphatic rings. The summed E-state index contributed by atoms with van der Waals surface area (Å²) in [5.74, 6) is -0.175. The number of pyridine rings is 1. The topological polar surface area (TPSA) is 68.9 Å². The number of nitrogens with zero attached hydrogens (tertiary/aromatic N) is 3. The molecule has 1 amide bonds. The summed E-state index contributed by atoms with van der Waals surface area (Å²) in [7, 11) is 0. The van der Waals surface area contributed by atoms with Crippen molar-refractivity contribution in [1.29, 1.82) is 0 Å². The van der Waals surface area contributed by atoms with Crippen molar-refractivity contribution in [2.45, 2.75) is 19.5 Å². The number of rotatable bonds is 6. The molecule has 2 heterocycles. The number of aryl methyl sites for hydroxylation is 1. The van der Waals surface area contributed by atoms with E-state index in [0.717, 1.165) is 28.5 Å². The first kappa shape index (κ1) is 16.4. The molecule has 2 aromatic heterocycles. The molecule has 1 aromatic carbocycles. The van der Waals surface area contributed by atoms with E-state index in [0.29, 0.717) is 6.54 Å². The molecule has 0 saturated heterocycles. The number of amides is 1. The van der Waals surface area contributed by atoms with Crippen LogP contribution in [-0.2, 0) is 17.9 Å². The van der Waals surface area contributed by atoms with Crippen molar-refractivity contribution in [2.75, 3.05) is 6.54 Å². The number of para-hydroxylation sites is 2. The maximum Gasteiger partial charge on any atom is 0.251 e. The second-order valence-corrected chi connectivity index (χ2v) is 6.36. The van der Waals surface area contributed by atoms with Crippen LogP contribution < -0.4 is 10.9 Å². The summed E-state index contributed by atoms with van der Waals surface area (Å²) < 4.78 is 4.21. The lowest BCUT2D eigenvalue weighted by Gasteiger charge is -2.08. The minimum atomic E-state index is -0.196. The molecular formula is C17H17BrN4O2. The summed E-state index contributed by atoms with van der Waals surface area (Å²) in [6, 6.07) is 11.0. The van der Waals surface area contributed by atoms with Crippen LogP contribution in [0, 0.1) is 0 Å². The zero-order valence-electron chi connectivity index (χ0n) is 13.0. The molecule has 3 rings (SSSR count). The Balaban J connectivity index is 1.49. The van der Waals surface area contributed by atoms with Crippen LogP contribution in [0.25, 0.3) is 11.0 Å². The fourth-order valence-electron chi connectivity index (χ4n) is 2.50. The SMILES string of the molecule is O=C(Cn1cc(Br)ccc1=O)NCCCn1cnc2ccccc21. The monoisotopic (exact) mass is 388 g/mol. The molecule has 24 heavy (non-hydrogen) atoms. The number of imidazole rings is 1. The molecular weight excluding hydrogens is 372 g/mol. The molecule has 0 spiro atoms. The molecule has 0 aliphatic carbocycles. The first-order valence-corrected chi connectivity index (χ1v) is 8.45. The molecule has 1 N–H and O–H groups in total. The smallest absolute Gasteiger partial charge is 0.251 e. The van der Waals surface area contributed by atoms with Crippen molar-refractivity contribution in [2.24, 2.45) is 0 Å². The summed E-state index contributed by atoms with van der Waals surface area (Å²) in [5.41, 5.74) is 1.86. The van der Waals surface area contributed by atoms with Crippen LogP contribution in [0.3, 0.4) is 0 Å². The standard InChI is InChI=1S/C17H17BrN4O2/c18-13-6-7-17(24)22(10-13)11-16(23)19-8-3-9-21-12-20-14-4-1-2-5-15(14)21/h1-2,4-7,10,12H,3,8-9,11H2,(H,19,23). The van der Waals surface area contributed by atoms with Gasteiger partial charge in [-0.05, 0) is 40.5 Å². The van der Waals surface area contributed by atoms with E-state index in [1.165, 1.54) is 10.6 Å². The summed E-state index contributed by atoms with van der Waals surface area (Å²) in [4.78, 5) is 28.0. The number of carbonyl (C=O) groups excluding carboxylic acids is 1. The van der Waals surface area contributed by atoms with Crippen LogP contribution >= 0.6 is 15.9 Å². The van der Waals surface area contributed by atoms with Gasteiger partial charge in [0.05, 0.1) is 17.4 Å². The summed E-state index contributed by atoms with van der Waals surface area (Å²) >= 11 is 3.29. The van der Waals surface area contributed by atoms with Crippen molar-refractivity contribution < 1.29 is 4.79 Å². The molecule has 6 nitrogen and oxygen atoms in total. The predicted molar refractivity (Wildman–Crippen MR) is 95.8 cm³/mol. The van der Waals surface area contributed by atoms with E-state index in [9.17, 15) is 9.59 Å². The zero-order chi connectivity index (χ0) is 16.9. The van der Waals surface area contributed by atoms with Gasteiger partial charge in [0.1, 0.15) is 6.54 Å². The largest absolute Gasteiger partial charge is 0.354 e. The second-order valence-electron chi connectivity index (χ2n) is 5.44. The maximum atomic E-state index is 11.9. The Labute approximate surface area is 147 Å². The van der Waals surface area contributed by atoms with E-state index in [4.69, 9.17) is 0 Å². The fraction of sp³-hybridized carbons (Fsp3) is 0.235. The van der Waals surface area contributed by atoms with Gasteiger partial charge in [0.15, 0.2) is 0 Å². The van der Waals surface area contributed by atoms with Crippen LogP contribution in [0.15, 0.2) is 58.2 Å². The fourth-order valence-corrected chi connectivity index (χ4v) is 2.88. The number of nitrogens with one attached hydrogen (secondary N) is 1. The first-order valence-electron chi connectivity index (χ1n) is 7.66. The van der Waals surface area contributed by atoms with Gasteiger partial charge in [-0.1, -0.05) is 12.1 Å². The molecule has 0 radical (unpaired) electrons. The van der Waals surface area contributed by atoms with Gasteiger partial charge in [0.2, 0.25) is 5.91 Å². The highest BCUT2D eigenvalue weighted by Crippen LogP contribution is 2.11. The van der Waals surface area contributed by atoms with Crippen molar-refractivity contribution in [3.63, 3.8) is 0 Å². The summed E-state index contributed by atoms with van der Waals surface area (Å²) in [6.07, 6.45) is 4.21. The minimum absolute atomic E-state index is 0.0201. The van der Waals surface area contributed by atoms with Gasteiger partial charge in [0, 0.05) is 29.8 Å². The molecule has 0 aliphatic heterocycles. The average Bonchev–Trinajstić information content (AvgIpc) is 2.98. The highest BCUT2D eigenvalue weighted by Gasteiger charge is 2.05. The number of aromatic nitrogens is 3. The van der Waals surface area contributed by atoms with Crippen molar-refractivity contribution >= 4 is 32.9 Å². The molecule has 0 atom stereocenters. The Kier molecular flexibility index (Phi) is 5.10. The lowest BCUT2D eigenvalue weighted by molar-refractivity contribution is -0.121. The van der Waals surface area contributed by atoms with Crippen molar-refractivity contribution in [3.05, 3.63) is 63.7 Å². The van der Waals surface area contributed by atoms with Crippen LogP contribution in [0.5, 0.6) is 0 Å². The van der Waals surface area contributed by atoms with E-state index in [1.54, 1.807) is 12.3 Å². The van der Waals surface area contributed by atoms with Gasteiger partial charge in [0.25, 0.3) is 5.56 Å². The zero-order valence-corrected chi connectivity index (χ0v) is 14.6. The second kappa shape index (κ2) is 7.44. The van der Waals surface area contributed by atoms with Crippen LogP contribution in [0.2, 0.25) is 0 Å². The number of halogens is 1. The number of carbonyl (C=O) groups is 1. The Morgan fingerprint density at radius 3 is 2.88 bits per heavy atom. The van der Waals surface area contributed by atoms with Gasteiger partial charge >= 0.3 is 0 Å². The van der Waals surface area contributed by atoms with E-state index < -0.39 is 0 Å². The lowest BCUT2D eigenvalue weighted by atomic mass is 10.3. The third-order valence-electron chi connectivity index (χ3n) is 3.69. The van der Waals surface area contributed by atoms with Crippen LogP contribution in [-0.4, -0.2) is 26.6 Å². The van der Waals surface area contributed by atoms with E-state index in [2.05, 4.69) is 30.8 Å². The number of hydrogen-bond acceptors (Lipinski definition) is 3. The first-order chi connectivity index (χ1) is 11.6. The van der Waals surface area contributed by atoms with Gasteiger partial charge in [-0.25, -0.2) is 4.98 Å². The normalized spacial score (nSPS) is 10.9. The Bertz CT molecular complexity index is 916. The van der Waals surface area contributed by atoms with E-state index in [-0.39, 0.29) is 18.0 Å². The molecule has 0 saturated carbocycles. The summed E-state index contributed by atoms with van der Waals surface area (Å²) in [6.45, 7) is 1.35. The van der Waals surface area contributed by atoms with Gasteiger partial charge in [-0.2, -0.15) is 0 Å². The molecule has 0 bridgehead atoms. The maximum absolute atomic E-state index is 11.9. The minimum Gasteiger partial charge on any atom is -0.354 e. The van der Waals surface area contributed by atoms with Gasteiger partial charge in [-0.3, -0.25) is 9.59 Å². The van der Waals surface area contributed by atoms with Crippen LogP contribution in [0.1, 0.15) is 6.42 Å². The Morgan fingerprint density at radius 2 is 2.00 bits per heavy atom. The Hall–Kier alpha value is -2.41. The van der Waals surface area contributed by atoms with Crippen molar-refractivity contribution in [3.8, 4) is 0 Å². The highest BCUT2D eigenvalue weighted by molar-refractivity contribution is 9.10. The van der Waals surface area contributed by atoms with Gasteiger partial charge < -0.3 is 14.5 Å². The Morgan fingerprint density at radius 1 is 1.17 bits per heavy atom. The molecule has 0 fully saturated rings. The molecule has 7 heteroatoms. The van der Waals surface area contributed by atoms with Gasteiger partial charge in [-0.15, -0.1) is 0 Å². The van der Waals surface area contributed by atoms with Crippen LogP contribution in [0.4, 0.5) is 0 Å². The third-order valence-corrected chi connectivity index (χ3v) is 4.16. The summed E-state index contributed by atoms with van der Waals surface area (Å²) in [5, 5.41) is 2.84. The quantitative estimate of drug-likeness (QED) is 0.657. The lowest BCUT2D eigenvalue weighted by Crippen LogP contribution is -2.32. The highest BCUT2D eigenvalue weighted by atomic mass is 79.9. The van der Waals surface area contributed by atoms with Crippen molar-refractivity contribution in [1.82, 2.24) is 19.4 Å². The number of fused-ring (bicyclic) bond motifs is 1. The third kappa shape index (κ3) is 3.91. The predicted octanol–water partition coefficient (Wildman–Crippen LogP) is 2.17. The molecule has 0 unspecified atom stereocenters. The van der Waals surface area contributed by atoms with E-state index >= 15 is 0 Å². The molecule has 124 valence electrons. The molecule has 3 aromatic rings. The number of benzene rings is 1. The average molecular weight is 389 g/mol. The number of hydrogen-bond donors (Lipinski definition) is 1. The van der Waals surface area contributed by atoms with E-state index in [1.807, 2.05) is 30.6 Å².